The first-order valence-electron chi connectivity index (χ1n) is 10.2. The maximum Gasteiger partial charge on any atom is 0.156 e. The number of hydrogen-bond donors (Lipinski definition) is 3. The lowest BCUT2D eigenvalue weighted by molar-refractivity contribution is -0.113. The number of phenols is 1. The van der Waals surface area contributed by atoms with Gasteiger partial charge in [-0.05, 0) is 73.7 Å². The molecule has 0 radical (unpaired) electrons. The molecule has 1 spiro atoms. The first kappa shape index (κ1) is 18.3. The van der Waals surface area contributed by atoms with Crippen LogP contribution in [0.3, 0.4) is 0 Å². The summed E-state index contributed by atoms with van der Waals surface area (Å²) in [5.74, 6) is 0.214. The molecule has 2 aliphatic heterocycles. The lowest BCUT2D eigenvalue weighted by Gasteiger charge is -2.42. The molecule has 2 aromatic heterocycles. The molecule has 0 aliphatic carbocycles. The minimum Gasteiger partial charge on any atom is -0.508 e. The number of aldehydes is 1. The predicted molar refractivity (Wildman–Crippen MR) is 111 cm³/mol. The van der Waals surface area contributed by atoms with Crippen molar-refractivity contribution in [3.8, 4) is 17.0 Å². The van der Waals surface area contributed by atoms with E-state index in [4.69, 9.17) is 0 Å². The molecule has 3 N–H and O–H groups in total. The summed E-state index contributed by atoms with van der Waals surface area (Å²) in [7, 11) is 0. The summed E-state index contributed by atoms with van der Waals surface area (Å²) in [5, 5.41) is 21.1. The van der Waals surface area contributed by atoms with E-state index in [-0.39, 0.29) is 17.2 Å². The van der Waals surface area contributed by atoms with Gasteiger partial charge in [0.15, 0.2) is 5.65 Å². The molecule has 1 aromatic carbocycles. The highest BCUT2D eigenvalue weighted by Gasteiger charge is 2.40. The van der Waals surface area contributed by atoms with Crippen molar-refractivity contribution in [1.29, 1.82) is 0 Å². The second-order valence-corrected chi connectivity index (χ2v) is 8.36. The number of carbonyl (C=O) groups excluding carboxylic acids is 1. The summed E-state index contributed by atoms with van der Waals surface area (Å²) >= 11 is 0. The van der Waals surface area contributed by atoms with Gasteiger partial charge >= 0.3 is 0 Å². The van der Waals surface area contributed by atoms with Gasteiger partial charge in [-0.25, -0.2) is 4.98 Å². The van der Waals surface area contributed by atoms with E-state index in [1.807, 2.05) is 18.2 Å². The Bertz CT molecular complexity index is 1020. The highest BCUT2D eigenvalue weighted by molar-refractivity contribution is 5.85. The maximum absolute atomic E-state index is 12.3. The van der Waals surface area contributed by atoms with Crippen molar-refractivity contribution in [2.45, 2.75) is 25.3 Å². The van der Waals surface area contributed by atoms with Gasteiger partial charge in [-0.1, -0.05) is 0 Å². The number of likely N-dealkylation sites (tertiary alicyclic amines) is 1. The van der Waals surface area contributed by atoms with Gasteiger partial charge in [0.2, 0.25) is 0 Å². The number of hydrogen-bond acceptors (Lipinski definition) is 6. The van der Waals surface area contributed by atoms with Crippen LogP contribution in [0.1, 0.15) is 30.9 Å². The number of benzene rings is 1. The summed E-state index contributed by atoms with van der Waals surface area (Å²) in [6, 6.07) is 8.63. The average Bonchev–Trinajstić information content (AvgIpc) is 3.39. The fourth-order valence-corrected chi connectivity index (χ4v) is 4.96. The summed E-state index contributed by atoms with van der Waals surface area (Å²) < 4.78 is 0. The third kappa shape index (κ3) is 3.30. The van der Waals surface area contributed by atoms with Gasteiger partial charge in [0.25, 0.3) is 0 Å². The number of pyridine rings is 1. The number of nitrogens with zero attached hydrogens (tertiary/aromatic N) is 3. The third-order valence-electron chi connectivity index (χ3n) is 6.48. The summed E-state index contributed by atoms with van der Waals surface area (Å²) in [6.07, 6.45) is 6.31. The molecule has 2 fully saturated rings. The van der Waals surface area contributed by atoms with Crippen LogP contribution in [0.5, 0.6) is 5.75 Å². The Morgan fingerprint density at radius 3 is 2.86 bits per heavy atom. The number of aromatic amines is 1. The van der Waals surface area contributed by atoms with Crippen LogP contribution in [-0.4, -0.2) is 57.7 Å². The lowest BCUT2D eigenvalue weighted by atomic mass is 9.78. The van der Waals surface area contributed by atoms with E-state index in [0.29, 0.717) is 5.65 Å². The molecule has 0 bridgehead atoms. The molecule has 2 unspecified atom stereocenters. The first-order valence-corrected chi connectivity index (χ1v) is 10.2. The highest BCUT2D eigenvalue weighted by atomic mass is 16.3. The predicted octanol–water partition coefficient (Wildman–Crippen LogP) is 2.65. The number of carbonyl (C=O) groups is 1. The normalized spacial score (nSPS) is 23.6. The fourth-order valence-electron chi connectivity index (χ4n) is 4.96. The maximum atomic E-state index is 12.3. The van der Waals surface area contributed by atoms with Crippen molar-refractivity contribution in [1.82, 2.24) is 25.4 Å². The number of nitrogens with one attached hydrogen (secondary N) is 2. The van der Waals surface area contributed by atoms with Crippen LogP contribution < -0.4 is 5.32 Å². The molecule has 7 nitrogen and oxygen atoms in total. The molecule has 4 heterocycles. The Morgan fingerprint density at radius 1 is 1.24 bits per heavy atom. The fraction of sp³-hybridized carbons (Fsp3) is 0.409. The first-order chi connectivity index (χ1) is 14.2. The van der Waals surface area contributed by atoms with Crippen molar-refractivity contribution < 1.29 is 9.90 Å². The minimum absolute atomic E-state index is 0.214. The Labute approximate surface area is 169 Å². The number of aromatic hydroxyl groups is 1. The number of rotatable bonds is 4. The number of H-pyrrole nitrogens is 1. The van der Waals surface area contributed by atoms with E-state index < -0.39 is 0 Å². The molecule has 0 amide bonds. The standard InChI is InChI=1S/C22H25N5O2/c28-12-20(27-9-1-6-22(14-27)7-8-23-13-22)17-10-19(15-2-4-16(29)5-3-15)25-21-18(17)11-24-26-21/h2-5,10-12,20,23,29H,1,6-9,13-14H2,(H,24,25,26). The quantitative estimate of drug-likeness (QED) is 0.592. The molecule has 7 heteroatoms. The smallest absolute Gasteiger partial charge is 0.156 e. The number of piperidine rings is 1. The van der Waals surface area contributed by atoms with Gasteiger partial charge in [-0.15, -0.1) is 0 Å². The molecule has 2 saturated heterocycles. The van der Waals surface area contributed by atoms with Gasteiger partial charge < -0.3 is 15.2 Å². The van der Waals surface area contributed by atoms with Crippen molar-refractivity contribution >= 4 is 17.3 Å². The minimum atomic E-state index is -0.327. The molecule has 2 atom stereocenters. The van der Waals surface area contributed by atoms with E-state index in [1.54, 1.807) is 18.3 Å². The molecule has 2 aliphatic rings. The van der Waals surface area contributed by atoms with Crippen LogP contribution in [0.4, 0.5) is 0 Å². The summed E-state index contributed by atoms with van der Waals surface area (Å²) in [5.41, 5.74) is 3.54. The number of fused-ring (bicyclic) bond motifs is 1. The topological polar surface area (TPSA) is 94.1 Å². The average molecular weight is 391 g/mol. The zero-order valence-corrected chi connectivity index (χ0v) is 16.3. The van der Waals surface area contributed by atoms with Crippen LogP contribution in [-0.2, 0) is 4.79 Å². The molecule has 29 heavy (non-hydrogen) atoms. The molecule has 0 saturated carbocycles. The van der Waals surface area contributed by atoms with Crippen LogP contribution in [0, 0.1) is 5.41 Å². The summed E-state index contributed by atoms with van der Waals surface area (Å²) in [6.45, 7) is 3.94. The van der Waals surface area contributed by atoms with Gasteiger partial charge in [0.05, 0.1) is 17.9 Å². The van der Waals surface area contributed by atoms with Crippen LogP contribution in [0.25, 0.3) is 22.3 Å². The van der Waals surface area contributed by atoms with E-state index in [2.05, 4.69) is 25.4 Å². The van der Waals surface area contributed by atoms with E-state index >= 15 is 0 Å². The molecule has 5 rings (SSSR count). The van der Waals surface area contributed by atoms with Crippen molar-refractivity contribution in [2.24, 2.45) is 5.41 Å². The zero-order chi connectivity index (χ0) is 19.8. The highest BCUT2D eigenvalue weighted by Crippen LogP contribution is 2.39. The zero-order valence-electron chi connectivity index (χ0n) is 16.3. The van der Waals surface area contributed by atoms with E-state index in [0.717, 1.165) is 61.1 Å². The van der Waals surface area contributed by atoms with Crippen LogP contribution >= 0.6 is 0 Å². The van der Waals surface area contributed by atoms with Crippen molar-refractivity contribution in [2.75, 3.05) is 26.2 Å². The van der Waals surface area contributed by atoms with E-state index in [9.17, 15) is 9.90 Å². The Balaban J connectivity index is 1.56. The molecular formula is C22H25N5O2. The van der Waals surface area contributed by atoms with E-state index in [1.165, 1.54) is 12.8 Å². The van der Waals surface area contributed by atoms with Gasteiger partial charge in [0.1, 0.15) is 12.0 Å². The second kappa shape index (κ2) is 7.24. The van der Waals surface area contributed by atoms with Gasteiger partial charge in [0, 0.05) is 24.0 Å². The SMILES string of the molecule is O=CC(c1cc(-c2ccc(O)cc2)nc2[nH]ncc12)N1CCCC2(CCNC2)C1. The number of aromatic nitrogens is 3. The lowest BCUT2D eigenvalue weighted by Crippen LogP contribution is -2.46. The molecular weight excluding hydrogens is 366 g/mol. The summed E-state index contributed by atoms with van der Waals surface area (Å²) in [4.78, 5) is 19.3. The molecule has 150 valence electrons. The van der Waals surface area contributed by atoms with Crippen molar-refractivity contribution in [3.05, 3.63) is 42.1 Å². The largest absolute Gasteiger partial charge is 0.508 e. The third-order valence-corrected chi connectivity index (χ3v) is 6.48. The second-order valence-electron chi connectivity index (χ2n) is 8.36. The van der Waals surface area contributed by atoms with Gasteiger partial charge in [-0.3, -0.25) is 10.00 Å². The van der Waals surface area contributed by atoms with Crippen molar-refractivity contribution in [3.63, 3.8) is 0 Å². The van der Waals surface area contributed by atoms with Gasteiger partial charge in [-0.2, -0.15) is 5.10 Å². The van der Waals surface area contributed by atoms with Crippen LogP contribution in [0.15, 0.2) is 36.5 Å². The Hall–Kier alpha value is -2.77. The number of phenolic OH excluding ortho intramolecular Hbond substituents is 1. The molecule has 3 aromatic rings. The Morgan fingerprint density at radius 2 is 2.10 bits per heavy atom. The monoisotopic (exact) mass is 391 g/mol. The van der Waals surface area contributed by atoms with Crippen LogP contribution in [0.2, 0.25) is 0 Å². The Kier molecular flexibility index (Phi) is 4.56.